The minimum absolute atomic E-state index is 0.183. The first-order valence-corrected chi connectivity index (χ1v) is 11.3. The van der Waals surface area contributed by atoms with E-state index in [0.29, 0.717) is 13.0 Å². The smallest absolute Gasteiger partial charge is 0.243 e. The maximum Gasteiger partial charge on any atom is 0.243 e. The highest BCUT2D eigenvalue weighted by molar-refractivity contribution is 9.10. The Labute approximate surface area is 169 Å². The van der Waals surface area contributed by atoms with E-state index in [2.05, 4.69) is 21.2 Å². The molecular formula is C20H23BrN2O3S. The largest absolute Gasteiger partial charge is 0.348 e. The number of amides is 1. The highest BCUT2D eigenvalue weighted by Gasteiger charge is 2.37. The Balaban J connectivity index is 1.80. The third-order valence-electron chi connectivity index (χ3n) is 4.83. The van der Waals surface area contributed by atoms with Gasteiger partial charge < -0.3 is 5.32 Å². The van der Waals surface area contributed by atoms with Crippen molar-refractivity contribution in [3.05, 3.63) is 64.6 Å². The van der Waals surface area contributed by atoms with E-state index in [1.165, 1.54) is 4.31 Å². The van der Waals surface area contributed by atoms with Crippen molar-refractivity contribution < 1.29 is 13.2 Å². The fourth-order valence-corrected chi connectivity index (χ4v) is 5.25. The van der Waals surface area contributed by atoms with E-state index in [-0.39, 0.29) is 16.8 Å². The summed E-state index contributed by atoms with van der Waals surface area (Å²) in [5.74, 6) is -0.244. The molecule has 27 heavy (non-hydrogen) atoms. The van der Waals surface area contributed by atoms with Crippen molar-refractivity contribution in [1.29, 1.82) is 0 Å². The van der Waals surface area contributed by atoms with Gasteiger partial charge in [-0.25, -0.2) is 8.42 Å². The molecule has 1 fully saturated rings. The van der Waals surface area contributed by atoms with E-state index >= 15 is 0 Å². The van der Waals surface area contributed by atoms with Crippen molar-refractivity contribution in [1.82, 2.24) is 9.62 Å². The lowest BCUT2D eigenvalue weighted by Gasteiger charge is -2.34. The minimum atomic E-state index is -3.72. The number of piperidine rings is 1. The van der Waals surface area contributed by atoms with Crippen LogP contribution in [0.4, 0.5) is 0 Å². The lowest BCUT2D eigenvalue weighted by molar-refractivity contribution is -0.126. The number of carbonyl (C=O) groups excluding carboxylic acids is 1. The highest BCUT2D eigenvalue weighted by Crippen LogP contribution is 2.27. The number of sulfonamides is 1. The zero-order valence-corrected chi connectivity index (χ0v) is 17.5. The van der Waals surface area contributed by atoms with Crippen LogP contribution in [0.5, 0.6) is 0 Å². The average molecular weight is 451 g/mol. The van der Waals surface area contributed by atoms with Crippen LogP contribution in [0.15, 0.2) is 64.0 Å². The van der Waals surface area contributed by atoms with Crippen molar-refractivity contribution in [3.8, 4) is 0 Å². The van der Waals surface area contributed by atoms with Crippen LogP contribution in [-0.4, -0.2) is 31.2 Å². The van der Waals surface area contributed by atoms with E-state index in [9.17, 15) is 13.2 Å². The summed E-state index contributed by atoms with van der Waals surface area (Å²) in [5.41, 5.74) is 0.990. The van der Waals surface area contributed by atoms with Gasteiger partial charge in [-0.15, -0.1) is 0 Å². The van der Waals surface area contributed by atoms with Crippen LogP contribution in [0, 0.1) is 0 Å². The SMILES string of the molecule is C[C@H](NC(=O)[C@@H]1CCCCN1S(=O)(=O)c1ccc(Br)cc1)c1ccccc1. The molecule has 2 atom stereocenters. The molecule has 0 radical (unpaired) electrons. The number of nitrogens with zero attached hydrogens (tertiary/aromatic N) is 1. The van der Waals surface area contributed by atoms with Gasteiger partial charge in [0.15, 0.2) is 0 Å². The molecule has 1 aliphatic heterocycles. The number of hydrogen-bond donors (Lipinski definition) is 1. The molecule has 0 saturated carbocycles. The fraction of sp³-hybridized carbons (Fsp3) is 0.350. The molecule has 1 N–H and O–H groups in total. The van der Waals surface area contributed by atoms with Crippen LogP contribution < -0.4 is 5.32 Å². The molecule has 0 bridgehead atoms. The summed E-state index contributed by atoms with van der Waals surface area (Å²) in [6.45, 7) is 2.26. The molecule has 144 valence electrons. The van der Waals surface area contributed by atoms with Crippen LogP contribution in [-0.2, 0) is 14.8 Å². The summed E-state index contributed by atoms with van der Waals surface area (Å²) in [6.07, 6.45) is 2.13. The number of halogens is 1. The van der Waals surface area contributed by atoms with Gasteiger partial charge in [0, 0.05) is 11.0 Å². The van der Waals surface area contributed by atoms with Gasteiger partial charge in [0.25, 0.3) is 0 Å². The second-order valence-corrected chi connectivity index (χ2v) is 9.53. The highest BCUT2D eigenvalue weighted by atomic mass is 79.9. The molecule has 3 rings (SSSR count). The molecular weight excluding hydrogens is 428 g/mol. The van der Waals surface area contributed by atoms with Gasteiger partial charge in [-0.3, -0.25) is 4.79 Å². The van der Waals surface area contributed by atoms with E-state index in [1.807, 2.05) is 37.3 Å². The predicted octanol–water partition coefficient (Wildman–Crippen LogP) is 3.87. The third kappa shape index (κ3) is 4.59. The van der Waals surface area contributed by atoms with E-state index in [1.54, 1.807) is 24.3 Å². The maximum atomic E-state index is 13.1. The first kappa shape index (κ1) is 20.0. The van der Waals surface area contributed by atoms with Crippen LogP contribution >= 0.6 is 15.9 Å². The topological polar surface area (TPSA) is 66.5 Å². The van der Waals surface area contributed by atoms with E-state index < -0.39 is 16.1 Å². The number of rotatable bonds is 5. The lowest BCUT2D eigenvalue weighted by Crippen LogP contribution is -2.52. The first-order chi connectivity index (χ1) is 12.9. The zero-order valence-electron chi connectivity index (χ0n) is 15.1. The quantitative estimate of drug-likeness (QED) is 0.751. The molecule has 2 aromatic rings. The van der Waals surface area contributed by atoms with Crippen LogP contribution in [0.1, 0.15) is 37.8 Å². The van der Waals surface area contributed by atoms with Crippen LogP contribution in [0.25, 0.3) is 0 Å². The summed E-state index contributed by atoms with van der Waals surface area (Å²) in [6, 6.07) is 15.3. The molecule has 1 aliphatic rings. The maximum absolute atomic E-state index is 13.1. The molecule has 1 heterocycles. The first-order valence-electron chi connectivity index (χ1n) is 9.02. The van der Waals surface area contributed by atoms with Gasteiger partial charge in [-0.2, -0.15) is 4.31 Å². The van der Waals surface area contributed by atoms with Crippen molar-refractivity contribution >= 4 is 31.9 Å². The molecule has 1 amide bonds. The minimum Gasteiger partial charge on any atom is -0.348 e. The molecule has 1 saturated heterocycles. The van der Waals surface area contributed by atoms with Gasteiger partial charge in [-0.05, 0) is 49.6 Å². The molecule has 5 nitrogen and oxygen atoms in total. The predicted molar refractivity (Wildman–Crippen MR) is 109 cm³/mol. The second kappa shape index (κ2) is 8.54. The number of nitrogens with one attached hydrogen (secondary N) is 1. The Bertz CT molecular complexity index is 885. The Kier molecular flexibility index (Phi) is 6.34. The average Bonchev–Trinajstić information content (AvgIpc) is 2.69. The molecule has 2 aromatic carbocycles. The van der Waals surface area contributed by atoms with Crippen molar-refractivity contribution in [3.63, 3.8) is 0 Å². The monoisotopic (exact) mass is 450 g/mol. The summed E-state index contributed by atoms with van der Waals surface area (Å²) >= 11 is 3.32. The van der Waals surface area contributed by atoms with Gasteiger partial charge in [0.2, 0.25) is 15.9 Å². The van der Waals surface area contributed by atoms with Gasteiger partial charge >= 0.3 is 0 Å². The van der Waals surface area contributed by atoms with Crippen molar-refractivity contribution in [2.75, 3.05) is 6.54 Å². The van der Waals surface area contributed by atoms with Crippen molar-refractivity contribution in [2.45, 2.75) is 43.2 Å². The van der Waals surface area contributed by atoms with Gasteiger partial charge in [0.1, 0.15) is 6.04 Å². The van der Waals surface area contributed by atoms with Gasteiger partial charge in [0.05, 0.1) is 10.9 Å². The molecule has 0 aromatic heterocycles. The normalized spacial score (nSPS) is 19.4. The molecule has 0 spiro atoms. The van der Waals surface area contributed by atoms with Crippen LogP contribution in [0.3, 0.4) is 0 Å². The second-order valence-electron chi connectivity index (χ2n) is 6.72. The van der Waals surface area contributed by atoms with Crippen LogP contribution in [0.2, 0.25) is 0 Å². The summed E-state index contributed by atoms with van der Waals surface area (Å²) in [4.78, 5) is 13.1. The zero-order chi connectivity index (χ0) is 19.4. The lowest BCUT2D eigenvalue weighted by atomic mass is 10.0. The Morgan fingerprint density at radius 2 is 1.78 bits per heavy atom. The standard InChI is InChI=1S/C20H23BrN2O3S/c1-15(16-7-3-2-4-8-16)22-20(24)19-9-5-6-14-23(19)27(25,26)18-12-10-17(21)11-13-18/h2-4,7-8,10-13,15,19H,5-6,9,14H2,1H3,(H,22,24)/t15-,19-/m0/s1. The molecule has 7 heteroatoms. The number of carbonyl (C=O) groups is 1. The Morgan fingerprint density at radius 1 is 1.11 bits per heavy atom. The number of benzene rings is 2. The van der Waals surface area contributed by atoms with E-state index in [4.69, 9.17) is 0 Å². The summed E-state index contributed by atoms with van der Waals surface area (Å²) in [7, 11) is -3.72. The van der Waals surface area contributed by atoms with Crippen molar-refractivity contribution in [2.24, 2.45) is 0 Å². The molecule has 0 aliphatic carbocycles. The third-order valence-corrected chi connectivity index (χ3v) is 7.29. The summed E-state index contributed by atoms with van der Waals surface area (Å²) < 4.78 is 28.4. The Morgan fingerprint density at radius 3 is 2.44 bits per heavy atom. The molecule has 0 unspecified atom stereocenters. The van der Waals surface area contributed by atoms with Gasteiger partial charge in [-0.1, -0.05) is 52.7 Å². The summed E-state index contributed by atoms with van der Waals surface area (Å²) in [5, 5.41) is 2.98. The van der Waals surface area contributed by atoms with E-state index in [0.717, 1.165) is 22.9 Å². The fourth-order valence-electron chi connectivity index (χ4n) is 3.33. The number of hydrogen-bond acceptors (Lipinski definition) is 3. The Hall–Kier alpha value is -1.70.